The van der Waals surface area contributed by atoms with E-state index in [2.05, 4.69) is 0 Å². The molecule has 19 heavy (non-hydrogen) atoms. The Morgan fingerprint density at radius 2 is 1.79 bits per heavy atom. The van der Waals surface area contributed by atoms with Crippen LogP contribution in [0.5, 0.6) is 0 Å². The molecule has 0 aliphatic rings. The second kappa shape index (κ2) is 5.16. The summed E-state index contributed by atoms with van der Waals surface area (Å²) in [7, 11) is 0. The number of hydrogen-bond donors (Lipinski definition) is 0. The Hall–Kier alpha value is -2.27. The van der Waals surface area contributed by atoms with Crippen molar-refractivity contribution in [3.8, 4) is 0 Å². The van der Waals surface area contributed by atoms with Crippen LogP contribution in [0.3, 0.4) is 0 Å². The van der Waals surface area contributed by atoms with Crippen LogP contribution < -0.4 is 0 Å². The predicted molar refractivity (Wildman–Crippen MR) is 67.9 cm³/mol. The SMILES string of the molecule is O=C(c1ccc(F)cc1)c1cc([N+](=O)[O-])ccc1Cl. The van der Waals surface area contributed by atoms with Crippen LogP contribution in [0.25, 0.3) is 0 Å². The third-order valence-corrected chi connectivity index (χ3v) is 2.84. The summed E-state index contributed by atoms with van der Waals surface area (Å²) >= 11 is 5.86. The molecule has 0 aliphatic heterocycles. The number of benzene rings is 2. The van der Waals surface area contributed by atoms with E-state index in [-0.39, 0.29) is 21.8 Å². The van der Waals surface area contributed by atoms with E-state index in [0.717, 1.165) is 18.2 Å². The highest BCUT2D eigenvalue weighted by Crippen LogP contribution is 2.24. The molecular formula is C13H7ClFNO3. The molecule has 2 aromatic rings. The van der Waals surface area contributed by atoms with Gasteiger partial charge in [0, 0.05) is 23.3 Å². The molecule has 0 amide bonds. The Bertz CT molecular complexity index is 655. The summed E-state index contributed by atoms with van der Waals surface area (Å²) in [5, 5.41) is 10.8. The van der Waals surface area contributed by atoms with Crippen LogP contribution in [0.4, 0.5) is 10.1 Å². The minimum atomic E-state index is -0.613. The van der Waals surface area contributed by atoms with Crippen LogP contribution in [0.2, 0.25) is 5.02 Å². The third kappa shape index (κ3) is 2.77. The number of carbonyl (C=O) groups is 1. The molecule has 0 saturated heterocycles. The number of hydrogen-bond acceptors (Lipinski definition) is 3. The Morgan fingerprint density at radius 1 is 1.16 bits per heavy atom. The molecule has 0 N–H and O–H groups in total. The summed E-state index contributed by atoms with van der Waals surface area (Å²) in [6.45, 7) is 0. The van der Waals surface area contributed by atoms with Gasteiger partial charge in [-0.3, -0.25) is 14.9 Å². The summed E-state index contributed by atoms with van der Waals surface area (Å²) in [6.07, 6.45) is 0. The lowest BCUT2D eigenvalue weighted by molar-refractivity contribution is -0.384. The molecular weight excluding hydrogens is 273 g/mol. The fraction of sp³-hybridized carbons (Fsp3) is 0. The molecule has 0 aromatic heterocycles. The van der Waals surface area contributed by atoms with Gasteiger partial charge in [-0.2, -0.15) is 0 Å². The Balaban J connectivity index is 2.46. The van der Waals surface area contributed by atoms with Crippen molar-refractivity contribution in [2.75, 3.05) is 0 Å². The fourth-order valence-electron chi connectivity index (χ4n) is 1.56. The number of halogens is 2. The zero-order valence-corrected chi connectivity index (χ0v) is 10.2. The number of ketones is 1. The molecule has 6 heteroatoms. The van der Waals surface area contributed by atoms with Crippen LogP contribution >= 0.6 is 11.6 Å². The minimum Gasteiger partial charge on any atom is -0.289 e. The van der Waals surface area contributed by atoms with Gasteiger partial charge < -0.3 is 0 Å². The molecule has 2 rings (SSSR count). The third-order valence-electron chi connectivity index (χ3n) is 2.51. The van der Waals surface area contributed by atoms with Crippen molar-refractivity contribution in [1.82, 2.24) is 0 Å². The largest absolute Gasteiger partial charge is 0.289 e. The topological polar surface area (TPSA) is 60.2 Å². The van der Waals surface area contributed by atoms with E-state index in [9.17, 15) is 19.3 Å². The van der Waals surface area contributed by atoms with E-state index in [1.165, 1.54) is 24.3 Å². The zero-order valence-electron chi connectivity index (χ0n) is 9.47. The molecule has 0 atom stereocenters. The van der Waals surface area contributed by atoms with E-state index in [4.69, 9.17) is 11.6 Å². The molecule has 0 radical (unpaired) electrons. The molecule has 2 aromatic carbocycles. The number of nitrogens with zero attached hydrogens (tertiary/aromatic N) is 1. The van der Waals surface area contributed by atoms with Crippen molar-refractivity contribution < 1.29 is 14.1 Å². The van der Waals surface area contributed by atoms with E-state index >= 15 is 0 Å². The van der Waals surface area contributed by atoms with Crippen LogP contribution in [-0.2, 0) is 0 Å². The highest BCUT2D eigenvalue weighted by Gasteiger charge is 2.17. The smallest absolute Gasteiger partial charge is 0.270 e. The lowest BCUT2D eigenvalue weighted by Crippen LogP contribution is -2.03. The molecule has 0 spiro atoms. The first-order chi connectivity index (χ1) is 8.99. The van der Waals surface area contributed by atoms with Gasteiger partial charge >= 0.3 is 0 Å². The molecule has 4 nitrogen and oxygen atoms in total. The van der Waals surface area contributed by atoms with Gasteiger partial charge in [-0.25, -0.2) is 4.39 Å². The first-order valence-electron chi connectivity index (χ1n) is 5.23. The van der Waals surface area contributed by atoms with Crippen molar-refractivity contribution in [2.45, 2.75) is 0 Å². The van der Waals surface area contributed by atoms with Crippen LogP contribution in [-0.4, -0.2) is 10.7 Å². The maximum atomic E-state index is 12.8. The molecule has 0 unspecified atom stereocenters. The summed E-state index contributed by atoms with van der Waals surface area (Å²) < 4.78 is 12.8. The molecule has 0 saturated carbocycles. The Morgan fingerprint density at radius 3 is 2.37 bits per heavy atom. The minimum absolute atomic E-state index is 0.0162. The quantitative estimate of drug-likeness (QED) is 0.490. The molecule has 0 heterocycles. The number of carbonyl (C=O) groups excluding carboxylic acids is 1. The molecule has 0 bridgehead atoms. The standard InChI is InChI=1S/C13H7ClFNO3/c14-12-6-5-10(16(18)19)7-11(12)13(17)8-1-3-9(15)4-2-8/h1-7H. The van der Waals surface area contributed by atoms with Gasteiger partial charge in [0.15, 0.2) is 5.78 Å². The van der Waals surface area contributed by atoms with E-state index in [0.29, 0.717) is 0 Å². The highest BCUT2D eigenvalue weighted by molar-refractivity contribution is 6.35. The summed E-state index contributed by atoms with van der Waals surface area (Å²) in [5.41, 5.74) is 0.00105. The van der Waals surface area contributed by atoms with E-state index in [1.54, 1.807) is 0 Å². The fourth-order valence-corrected chi connectivity index (χ4v) is 1.76. The summed E-state index contributed by atoms with van der Waals surface area (Å²) in [6, 6.07) is 8.48. The van der Waals surface area contributed by atoms with Gasteiger partial charge in [0.2, 0.25) is 0 Å². The Kier molecular flexibility index (Phi) is 3.57. The van der Waals surface area contributed by atoms with E-state index in [1.807, 2.05) is 0 Å². The second-order valence-electron chi connectivity index (χ2n) is 3.76. The maximum Gasteiger partial charge on any atom is 0.270 e. The number of nitro benzene ring substituents is 1. The molecule has 96 valence electrons. The van der Waals surface area contributed by atoms with Crippen molar-refractivity contribution in [2.24, 2.45) is 0 Å². The normalized spacial score (nSPS) is 10.2. The van der Waals surface area contributed by atoms with E-state index < -0.39 is 16.5 Å². The van der Waals surface area contributed by atoms with Gasteiger partial charge in [-0.1, -0.05) is 11.6 Å². The number of nitro groups is 1. The summed E-state index contributed by atoms with van der Waals surface area (Å²) in [5.74, 6) is -0.963. The van der Waals surface area contributed by atoms with Gasteiger partial charge in [0.25, 0.3) is 5.69 Å². The first-order valence-corrected chi connectivity index (χ1v) is 5.61. The van der Waals surface area contributed by atoms with Crippen molar-refractivity contribution in [1.29, 1.82) is 0 Å². The molecule has 0 aliphatic carbocycles. The van der Waals surface area contributed by atoms with Crippen molar-refractivity contribution >= 4 is 23.1 Å². The number of rotatable bonds is 3. The zero-order chi connectivity index (χ0) is 14.0. The average Bonchev–Trinajstić information content (AvgIpc) is 2.39. The van der Waals surface area contributed by atoms with Gasteiger partial charge in [-0.15, -0.1) is 0 Å². The van der Waals surface area contributed by atoms with Crippen molar-refractivity contribution in [3.05, 3.63) is 74.5 Å². The predicted octanol–water partition coefficient (Wildman–Crippen LogP) is 3.62. The van der Waals surface area contributed by atoms with Gasteiger partial charge in [-0.05, 0) is 30.3 Å². The highest BCUT2D eigenvalue weighted by atomic mass is 35.5. The van der Waals surface area contributed by atoms with Gasteiger partial charge in [0.05, 0.1) is 9.95 Å². The van der Waals surface area contributed by atoms with Gasteiger partial charge in [0.1, 0.15) is 5.82 Å². The van der Waals surface area contributed by atoms with Crippen LogP contribution in [0.15, 0.2) is 42.5 Å². The Labute approximate surface area is 112 Å². The monoisotopic (exact) mass is 279 g/mol. The lowest BCUT2D eigenvalue weighted by Gasteiger charge is -2.03. The summed E-state index contributed by atoms with van der Waals surface area (Å²) in [4.78, 5) is 22.2. The van der Waals surface area contributed by atoms with Crippen molar-refractivity contribution in [3.63, 3.8) is 0 Å². The first kappa shape index (κ1) is 13.2. The lowest BCUT2D eigenvalue weighted by atomic mass is 10.0. The molecule has 0 fully saturated rings. The van der Waals surface area contributed by atoms with Crippen LogP contribution in [0, 0.1) is 15.9 Å². The second-order valence-corrected chi connectivity index (χ2v) is 4.16. The average molecular weight is 280 g/mol. The maximum absolute atomic E-state index is 12.8. The number of non-ortho nitro benzene ring substituents is 1. The van der Waals surface area contributed by atoms with Crippen LogP contribution in [0.1, 0.15) is 15.9 Å².